The van der Waals surface area contributed by atoms with Crippen LogP contribution in [0.5, 0.6) is 0 Å². The average molecular weight is 355 g/mol. The van der Waals surface area contributed by atoms with Crippen molar-refractivity contribution in [2.45, 2.75) is 32.3 Å². The van der Waals surface area contributed by atoms with Crippen molar-refractivity contribution in [1.29, 1.82) is 0 Å². The molecule has 1 fully saturated rings. The van der Waals surface area contributed by atoms with Crippen LogP contribution in [0.3, 0.4) is 0 Å². The van der Waals surface area contributed by atoms with Crippen molar-refractivity contribution < 1.29 is 19.1 Å². The largest absolute Gasteiger partial charge is 0.469 e. The quantitative estimate of drug-likeness (QED) is 0.714. The van der Waals surface area contributed by atoms with Crippen LogP contribution in [0.4, 0.5) is 0 Å². The standard InChI is InChI=1S/C21H25NO4/c1-16(25-15-18-11-7-4-8-12-18)20-19(21(23)24-2)14-22(26-20)13-17-9-5-3-6-10-17/h3-12,16,19-20H,13-15H2,1-2H3/t16-,19-,20+/m0/s1. The first-order chi connectivity index (χ1) is 12.7. The van der Waals surface area contributed by atoms with E-state index in [2.05, 4.69) is 0 Å². The summed E-state index contributed by atoms with van der Waals surface area (Å²) in [6.45, 7) is 3.53. The molecule has 2 aromatic rings. The molecule has 1 heterocycles. The molecule has 3 atom stereocenters. The summed E-state index contributed by atoms with van der Waals surface area (Å²) in [6, 6.07) is 20.0. The number of carbonyl (C=O) groups is 1. The minimum absolute atomic E-state index is 0.236. The van der Waals surface area contributed by atoms with Gasteiger partial charge in [-0.05, 0) is 18.1 Å². The molecule has 0 bridgehead atoms. The maximum absolute atomic E-state index is 12.2. The van der Waals surface area contributed by atoms with Gasteiger partial charge in [-0.2, -0.15) is 5.06 Å². The fourth-order valence-corrected chi connectivity index (χ4v) is 3.17. The van der Waals surface area contributed by atoms with E-state index in [0.717, 1.165) is 11.1 Å². The third kappa shape index (κ3) is 4.69. The molecule has 5 heteroatoms. The van der Waals surface area contributed by atoms with Gasteiger partial charge in [0.1, 0.15) is 12.0 Å². The van der Waals surface area contributed by atoms with Crippen molar-refractivity contribution in [3.8, 4) is 0 Å². The van der Waals surface area contributed by atoms with E-state index in [0.29, 0.717) is 19.7 Å². The lowest BCUT2D eigenvalue weighted by molar-refractivity contribution is -0.190. The summed E-state index contributed by atoms with van der Waals surface area (Å²) in [4.78, 5) is 18.3. The summed E-state index contributed by atoms with van der Waals surface area (Å²) in [7, 11) is 1.41. The Bertz CT molecular complexity index is 692. The van der Waals surface area contributed by atoms with Crippen LogP contribution in [0.1, 0.15) is 18.1 Å². The molecule has 3 rings (SSSR count). The topological polar surface area (TPSA) is 48.0 Å². The third-order valence-corrected chi connectivity index (χ3v) is 4.59. The highest BCUT2D eigenvalue weighted by Gasteiger charge is 2.43. The fourth-order valence-electron chi connectivity index (χ4n) is 3.17. The van der Waals surface area contributed by atoms with Gasteiger partial charge in [-0.1, -0.05) is 60.7 Å². The van der Waals surface area contributed by atoms with E-state index in [1.54, 1.807) is 0 Å². The lowest BCUT2D eigenvalue weighted by Crippen LogP contribution is -2.36. The highest BCUT2D eigenvalue weighted by Crippen LogP contribution is 2.27. The lowest BCUT2D eigenvalue weighted by Gasteiger charge is -2.23. The zero-order chi connectivity index (χ0) is 18.4. The van der Waals surface area contributed by atoms with Gasteiger partial charge in [-0.15, -0.1) is 0 Å². The monoisotopic (exact) mass is 355 g/mol. The van der Waals surface area contributed by atoms with E-state index in [1.165, 1.54) is 7.11 Å². The molecule has 26 heavy (non-hydrogen) atoms. The van der Waals surface area contributed by atoms with Gasteiger partial charge >= 0.3 is 5.97 Å². The van der Waals surface area contributed by atoms with E-state index < -0.39 is 0 Å². The van der Waals surface area contributed by atoms with Crippen molar-refractivity contribution >= 4 is 5.97 Å². The first-order valence-electron chi connectivity index (χ1n) is 8.86. The first kappa shape index (κ1) is 18.6. The van der Waals surface area contributed by atoms with E-state index in [9.17, 15) is 4.79 Å². The second-order valence-electron chi connectivity index (χ2n) is 6.51. The number of hydroxylamine groups is 2. The highest BCUT2D eigenvalue weighted by molar-refractivity contribution is 5.73. The summed E-state index contributed by atoms with van der Waals surface area (Å²) >= 11 is 0. The maximum atomic E-state index is 12.2. The molecule has 0 amide bonds. The number of benzene rings is 2. The molecule has 2 aromatic carbocycles. The van der Waals surface area contributed by atoms with Crippen molar-refractivity contribution in [2.24, 2.45) is 5.92 Å². The van der Waals surface area contributed by atoms with E-state index in [1.807, 2.05) is 72.7 Å². The smallest absolute Gasteiger partial charge is 0.312 e. The van der Waals surface area contributed by atoms with Gasteiger partial charge in [-0.3, -0.25) is 9.63 Å². The minimum atomic E-state index is -0.366. The molecule has 0 radical (unpaired) electrons. The van der Waals surface area contributed by atoms with Gasteiger partial charge < -0.3 is 9.47 Å². The molecule has 1 aliphatic rings. The zero-order valence-electron chi connectivity index (χ0n) is 15.2. The Kier molecular flexibility index (Phi) is 6.39. The van der Waals surface area contributed by atoms with Crippen LogP contribution >= 0.6 is 0 Å². The number of hydrogen-bond acceptors (Lipinski definition) is 5. The number of carbonyl (C=O) groups excluding carboxylic acids is 1. The van der Waals surface area contributed by atoms with E-state index in [-0.39, 0.29) is 24.1 Å². The second kappa shape index (κ2) is 8.94. The van der Waals surface area contributed by atoms with Crippen LogP contribution in [0.25, 0.3) is 0 Å². The summed E-state index contributed by atoms with van der Waals surface area (Å²) < 4.78 is 11.0. The van der Waals surface area contributed by atoms with Crippen molar-refractivity contribution in [3.63, 3.8) is 0 Å². The summed E-state index contributed by atoms with van der Waals surface area (Å²) in [5.74, 6) is -0.629. The predicted octanol–water partition coefficient (Wildman–Crippen LogP) is 3.20. The Labute approximate surface area is 154 Å². The lowest BCUT2D eigenvalue weighted by atomic mass is 9.99. The number of methoxy groups -OCH3 is 1. The molecule has 5 nitrogen and oxygen atoms in total. The fraction of sp³-hybridized carbons (Fsp3) is 0.381. The molecule has 0 saturated carbocycles. The molecule has 1 saturated heterocycles. The zero-order valence-corrected chi connectivity index (χ0v) is 15.2. The Morgan fingerprint density at radius 2 is 1.73 bits per heavy atom. The van der Waals surface area contributed by atoms with Crippen molar-refractivity contribution in [2.75, 3.05) is 13.7 Å². The summed E-state index contributed by atoms with van der Waals surface area (Å²) in [5, 5.41) is 1.82. The maximum Gasteiger partial charge on any atom is 0.312 e. The Hall–Kier alpha value is -2.21. The molecule has 0 N–H and O–H groups in total. The minimum Gasteiger partial charge on any atom is -0.469 e. The highest BCUT2D eigenvalue weighted by atomic mass is 16.7. The van der Waals surface area contributed by atoms with Gasteiger partial charge in [0.25, 0.3) is 0 Å². The van der Waals surface area contributed by atoms with Crippen molar-refractivity contribution in [3.05, 3.63) is 71.8 Å². The SMILES string of the molecule is COC(=O)[C@H]1CN(Cc2ccccc2)O[C@@H]1[C@H](C)OCc1ccccc1. The number of esters is 1. The normalized spacial score (nSPS) is 21.5. The van der Waals surface area contributed by atoms with Crippen LogP contribution in [-0.2, 0) is 32.3 Å². The van der Waals surface area contributed by atoms with Gasteiger partial charge in [0.05, 0.1) is 19.8 Å². The summed E-state index contributed by atoms with van der Waals surface area (Å²) in [5.41, 5.74) is 2.22. The molecular formula is C21H25NO4. The van der Waals surface area contributed by atoms with Crippen LogP contribution < -0.4 is 0 Å². The molecular weight excluding hydrogens is 330 g/mol. The number of nitrogens with zero attached hydrogens (tertiary/aromatic N) is 1. The van der Waals surface area contributed by atoms with Crippen LogP contribution in [0.15, 0.2) is 60.7 Å². The predicted molar refractivity (Wildman–Crippen MR) is 97.9 cm³/mol. The number of ether oxygens (including phenoxy) is 2. The van der Waals surface area contributed by atoms with E-state index in [4.69, 9.17) is 14.3 Å². The number of hydrogen-bond donors (Lipinski definition) is 0. The Morgan fingerprint density at radius 1 is 1.12 bits per heavy atom. The molecule has 138 valence electrons. The number of rotatable bonds is 7. The van der Waals surface area contributed by atoms with Crippen LogP contribution in [0, 0.1) is 5.92 Å². The molecule has 0 aliphatic carbocycles. The second-order valence-corrected chi connectivity index (χ2v) is 6.51. The van der Waals surface area contributed by atoms with Crippen molar-refractivity contribution in [1.82, 2.24) is 5.06 Å². The molecule has 0 aromatic heterocycles. The Balaban J connectivity index is 1.63. The Morgan fingerprint density at radius 3 is 2.35 bits per heavy atom. The molecule has 1 aliphatic heterocycles. The van der Waals surface area contributed by atoms with Crippen LogP contribution in [-0.4, -0.2) is 36.9 Å². The molecule has 0 unspecified atom stereocenters. The summed E-state index contributed by atoms with van der Waals surface area (Å²) in [6.07, 6.45) is -0.602. The van der Waals surface area contributed by atoms with Gasteiger partial charge in [-0.25, -0.2) is 0 Å². The first-order valence-corrected chi connectivity index (χ1v) is 8.86. The average Bonchev–Trinajstić information content (AvgIpc) is 3.11. The van der Waals surface area contributed by atoms with Gasteiger partial charge in [0.15, 0.2) is 0 Å². The van der Waals surface area contributed by atoms with Gasteiger partial charge in [0, 0.05) is 13.1 Å². The van der Waals surface area contributed by atoms with Gasteiger partial charge in [0.2, 0.25) is 0 Å². The van der Waals surface area contributed by atoms with E-state index >= 15 is 0 Å². The molecule has 0 spiro atoms. The third-order valence-electron chi connectivity index (χ3n) is 4.59. The van der Waals surface area contributed by atoms with Crippen LogP contribution in [0.2, 0.25) is 0 Å².